The topological polar surface area (TPSA) is 66.4 Å². The number of nitrogens with one attached hydrogen (secondary N) is 1. The smallest absolute Gasteiger partial charge is 0.294 e. The molecule has 0 saturated heterocycles. The van der Waals surface area contributed by atoms with Crippen molar-refractivity contribution in [3.05, 3.63) is 102 Å². The zero-order valence-electron chi connectivity index (χ0n) is 14.7. The molecule has 0 aliphatic carbocycles. The zero-order chi connectivity index (χ0) is 18.8. The molecule has 0 aromatic heterocycles. The third-order valence-corrected chi connectivity index (χ3v) is 4.53. The van der Waals surface area contributed by atoms with E-state index in [1.807, 2.05) is 19.1 Å². The molecule has 3 rings (SSSR count). The van der Waals surface area contributed by atoms with Gasteiger partial charge in [0.25, 0.3) is 10.1 Å². The summed E-state index contributed by atoms with van der Waals surface area (Å²) in [4.78, 5) is -0.0666. The molecule has 0 saturated carbocycles. The maximum absolute atomic E-state index is 10.5. The van der Waals surface area contributed by atoms with Crippen molar-refractivity contribution in [2.24, 2.45) is 0 Å². The van der Waals surface area contributed by atoms with Crippen molar-refractivity contribution in [2.45, 2.75) is 24.9 Å². The minimum absolute atomic E-state index is 0.0666. The molecule has 4 nitrogen and oxygen atoms in total. The fourth-order valence-corrected chi connectivity index (χ4v) is 2.73. The predicted octanol–water partition coefficient (Wildman–Crippen LogP) is 4.22. The molecule has 0 fully saturated rings. The van der Waals surface area contributed by atoms with E-state index in [2.05, 4.69) is 53.8 Å². The average molecular weight is 369 g/mol. The van der Waals surface area contributed by atoms with Crippen LogP contribution in [0.3, 0.4) is 0 Å². The minimum Gasteiger partial charge on any atom is -0.309 e. The highest BCUT2D eigenvalue weighted by atomic mass is 32.2. The van der Waals surface area contributed by atoms with Gasteiger partial charge in [0.1, 0.15) is 0 Å². The molecule has 0 bridgehead atoms. The summed E-state index contributed by atoms with van der Waals surface area (Å²) >= 11 is 0. The lowest BCUT2D eigenvalue weighted by molar-refractivity contribution is 0.483. The van der Waals surface area contributed by atoms with Crippen molar-refractivity contribution < 1.29 is 13.0 Å². The van der Waals surface area contributed by atoms with E-state index in [0.29, 0.717) is 0 Å². The van der Waals surface area contributed by atoms with Gasteiger partial charge in [-0.15, -0.1) is 0 Å². The van der Waals surface area contributed by atoms with Crippen LogP contribution >= 0.6 is 0 Å². The van der Waals surface area contributed by atoms with Crippen molar-refractivity contribution in [1.82, 2.24) is 5.32 Å². The normalized spacial score (nSPS) is 10.7. The number of rotatable bonds is 5. The highest BCUT2D eigenvalue weighted by molar-refractivity contribution is 7.85. The maximum atomic E-state index is 10.5. The van der Waals surface area contributed by atoms with E-state index in [9.17, 15) is 8.42 Å². The van der Waals surface area contributed by atoms with Crippen LogP contribution in [0, 0.1) is 6.92 Å². The van der Waals surface area contributed by atoms with Gasteiger partial charge < -0.3 is 5.32 Å². The lowest BCUT2D eigenvalue weighted by Crippen LogP contribution is -2.12. The van der Waals surface area contributed by atoms with E-state index in [0.717, 1.165) is 18.7 Å². The molecular weight excluding hydrogens is 346 g/mol. The predicted molar refractivity (Wildman–Crippen MR) is 104 cm³/mol. The Labute approximate surface area is 155 Å². The van der Waals surface area contributed by atoms with Crippen LogP contribution in [0.5, 0.6) is 0 Å². The van der Waals surface area contributed by atoms with Gasteiger partial charge in [-0.2, -0.15) is 8.42 Å². The second kappa shape index (κ2) is 9.87. The van der Waals surface area contributed by atoms with E-state index in [1.54, 1.807) is 12.1 Å². The molecule has 0 atom stereocenters. The summed E-state index contributed by atoms with van der Waals surface area (Å²) in [5.41, 5.74) is 3.61. The third kappa shape index (κ3) is 7.19. The van der Waals surface area contributed by atoms with Gasteiger partial charge in [0.2, 0.25) is 0 Å². The fourth-order valence-electron chi connectivity index (χ4n) is 2.25. The molecular formula is C21H23NO3S. The molecule has 26 heavy (non-hydrogen) atoms. The van der Waals surface area contributed by atoms with Crippen LogP contribution < -0.4 is 5.32 Å². The van der Waals surface area contributed by atoms with Gasteiger partial charge in [-0.1, -0.05) is 78.4 Å². The Bertz CT molecular complexity index is 838. The van der Waals surface area contributed by atoms with Gasteiger partial charge in [0, 0.05) is 13.1 Å². The number of hydrogen-bond donors (Lipinski definition) is 2. The number of benzene rings is 3. The monoisotopic (exact) mass is 369 g/mol. The fraction of sp³-hybridized carbons (Fsp3) is 0.143. The first-order valence-electron chi connectivity index (χ1n) is 8.28. The average Bonchev–Trinajstić information content (AvgIpc) is 2.64. The van der Waals surface area contributed by atoms with E-state index in [1.165, 1.54) is 23.3 Å². The van der Waals surface area contributed by atoms with Gasteiger partial charge in [-0.3, -0.25) is 4.55 Å². The Morgan fingerprint density at radius 3 is 1.54 bits per heavy atom. The first-order chi connectivity index (χ1) is 12.4. The van der Waals surface area contributed by atoms with E-state index >= 15 is 0 Å². The standard InChI is InChI=1S/C14H15N.C7H8O3S/c1-3-7-13(8-4-1)11-15-12-14-9-5-2-6-10-14;1-6-2-4-7(5-3-6)11(8,9)10/h1-10,15H,11-12H2;2-5H,1H3,(H,8,9,10). The summed E-state index contributed by atoms with van der Waals surface area (Å²) in [7, 11) is -4.02. The second-order valence-electron chi connectivity index (χ2n) is 5.86. The Balaban J connectivity index is 0.000000197. The van der Waals surface area contributed by atoms with Crippen molar-refractivity contribution >= 4 is 10.1 Å². The summed E-state index contributed by atoms with van der Waals surface area (Å²) in [5, 5.41) is 3.42. The Kier molecular flexibility index (Phi) is 7.53. The Morgan fingerprint density at radius 1 is 0.731 bits per heavy atom. The van der Waals surface area contributed by atoms with E-state index in [4.69, 9.17) is 4.55 Å². The van der Waals surface area contributed by atoms with E-state index in [-0.39, 0.29) is 4.90 Å². The molecule has 0 radical (unpaired) electrons. The third-order valence-electron chi connectivity index (χ3n) is 3.66. The Morgan fingerprint density at radius 2 is 1.15 bits per heavy atom. The SMILES string of the molecule is Cc1ccc(S(=O)(=O)O)cc1.c1ccc(CNCc2ccccc2)cc1. The van der Waals surface area contributed by atoms with Crippen molar-refractivity contribution in [3.8, 4) is 0 Å². The Hall–Kier alpha value is -2.47. The first-order valence-corrected chi connectivity index (χ1v) is 9.72. The molecule has 3 aromatic carbocycles. The lowest BCUT2D eigenvalue weighted by Gasteiger charge is -2.04. The van der Waals surface area contributed by atoms with Crippen molar-refractivity contribution in [2.75, 3.05) is 0 Å². The quantitative estimate of drug-likeness (QED) is 0.661. The zero-order valence-corrected chi connectivity index (χ0v) is 15.5. The molecule has 0 unspecified atom stereocenters. The first kappa shape index (κ1) is 19.8. The summed E-state index contributed by atoms with van der Waals surface area (Å²) in [6, 6.07) is 26.9. The molecule has 0 heterocycles. The van der Waals surface area contributed by atoms with Gasteiger partial charge in [-0.05, 0) is 30.2 Å². The molecule has 2 N–H and O–H groups in total. The highest BCUT2D eigenvalue weighted by Crippen LogP contribution is 2.08. The van der Waals surface area contributed by atoms with Crippen LogP contribution in [0.1, 0.15) is 16.7 Å². The number of aryl methyl sites for hydroxylation is 1. The van der Waals surface area contributed by atoms with Gasteiger partial charge >= 0.3 is 0 Å². The van der Waals surface area contributed by atoms with Crippen LogP contribution in [-0.2, 0) is 23.2 Å². The van der Waals surface area contributed by atoms with Gasteiger partial charge in [0.05, 0.1) is 4.90 Å². The summed E-state index contributed by atoms with van der Waals surface area (Å²) < 4.78 is 29.6. The van der Waals surface area contributed by atoms with Crippen LogP contribution in [-0.4, -0.2) is 13.0 Å². The van der Waals surface area contributed by atoms with Crippen LogP contribution in [0.25, 0.3) is 0 Å². The van der Waals surface area contributed by atoms with E-state index < -0.39 is 10.1 Å². The van der Waals surface area contributed by atoms with Gasteiger partial charge in [0.15, 0.2) is 0 Å². The highest BCUT2D eigenvalue weighted by Gasteiger charge is 2.06. The van der Waals surface area contributed by atoms with Gasteiger partial charge in [-0.25, -0.2) is 0 Å². The lowest BCUT2D eigenvalue weighted by atomic mass is 10.2. The minimum atomic E-state index is -4.02. The molecule has 0 amide bonds. The summed E-state index contributed by atoms with van der Waals surface area (Å²) in [6.45, 7) is 3.69. The van der Waals surface area contributed by atoms with Crippen molar-refractivity contribution in [1.29, 1.82) is 0 Å². The molecule has 0 aliphatic rings. The maximum Gasteiger partial charge on any atom is 0.294 e. The largest absolute Gasteiger partial charge is 0.309 e. The van der Waals surface area contributed by atoms with Crippen LogP contribution in [0.4, 0.5) is 0 Å². The molecule has 0 spiro atoms. The molecule has 3 aromatic rings. The summed E-state index contributed by atoms with van der Waals surface area (Å²) in [6.07, 6.45) is 0. The summed E-state index contributed by atoms with van der Waals surface area (Å²) in [5.74, 6) is 0. The second-order valence-corrected chi connectivity index (χ2v) is 7.28. The molecule has 136 valence electrons. The number of hydrogen-bond acceptors (Lipinski definition) is 3. The molecule has 5 heteroatoms. The van der Waals surface area contributed by atoms with Crippen molar-refractivity contribution in [3.63, 3.8) is 0 Å². The van der Waals surface area contributed by atoms with Crippen LogP contribution in [0.15, 0.2) is 89.8 Å². The van der Waals surface area contributed by atoms with Crippen LogP contribution in [0.2, 0.25) is 0 Å². The molecule has 0 aliphatic heterocycles.